The molecule has 20 heavy (non-hydrogen) atoms. The standard InChI is InChI=1S/C15H17FN4/c1-11-8-17-9-13(19-11)15-5-3-7-20(15)10-14-12(16)4-2-6-18-14/h2,4,6,8-9,15H,3,5,7,10H2,1H3. The first kappa shape index (κ1) is 13.1. The highest BCUT2D eigenvalue weighted by molar-refractivity contribution is 5.11. The predicted octanol–water partition coefficient (Wildman–Crippen LogP) is 2.66. The van der Waals surface area contributed by atoms with Crippen molar-refractivity contribution in [2.45, 2.75) is 32.4 Å². The van der Waals surface area contributed by atoms with Crippen molar-refractivity contribution < 1.29 is 4.39 Å². The van der Waals surface area contributed by atoms with E-state index >= 15 is 0 Å². The van der Waals surface area contributed by atoms with E-state index in [0.717, 1.165) is 30.8 Å². The molecule has 4 nitrogen and oxygen atoms in total. The zero-order chi connectivity index (χ0) is 13.9. The van der Waals surface area contributed by atoms with Crippen LogP contribution in [0, 0.1) is 12.7 Å². The Morgan fingerprint density at radius 2 is 2.30 bits per heavy atom. The minimum absolute atomic E-state index is 0.212. The molecule has 0 aliphatic carbocycles. The molecule has 1 unspecified atom stereocenters. The molecular formula is C15H17FN4. The van der Waals surface area contributed by atoms with Gasteiger partial charge in [-0.05, 0) is 38.4 Å². The van der Waals surface area contributed by atoms with E-state index < -0.39 is 0 Å². The Hall–Kier alpha value is -1.88. The minimum atomic E-state index is -0.242. The first-order valence-electron chi connectivity index (χ1n) is 6.86. The zero-order valence-electron chi connectivity index (χ0n) is 11.5. The van der Waals surface area contributed by atoms with Crippen molar-refractivity contribution in [1.82, 2.24) is 19.9 Å². The van der Waals surface area contributed by atoms with Crippen LogP contribution in [-0.4, -0.2) is 26.4 Å². The molecule has 3 rings (SSSR count). The van der Waals surface area contributed by atoms with Crippen molar-refractivity contribution in [2.75, 3.05) is 6.54 Å². The van der Waals surface area contributed by atoms with Crippen molar-refractivity contribution in [3.8, 4) is 0 Å². The van der Waals surface area contributed by atoms with Gasteiger partial charge in [0, 0.05) is 25.1 Å². The molecule has 1 fully saturated rings. The Morgan fingerprint density at radius 1 is 1.40 bits per heavy atom. The van der Waals surface area contributed by atoms with Gasteiger partial charge in [0.25, 0.3) is 0 Å². The van der Waals surface area contributed by atoms with Gasteiger partial charge in [-0.3, -0.25) is 19.9 Å². The summed E-state index contributed by atoms with van der Waals surface area (Å²) in [6.07, 6.45) is 7.32. The summed E-state index contributed by atoms with van der Waals surface area (Å²) in [5.41, 5.74) is 2.39. The average molecular weight is 272 g/mol. The van der Waals surface area contributed by atoms with E-state index in [4.69, 9.17) is 0 Å². The number of hydrogen-bond donors (Lipinski definition) is 0. The number of aryl methyl sites for hydroxylation is 1. The first-order chi connectivity index (χ1) is 9.74. The summed E-state index contributed by atoms with van der Waals surface area (Å²) in [7, 11) is 0. The molecule has 0 radical (unpaired) electrons. The van der Waals surface area contributed by atoms with Gasteiger partial charge in [-0.2, -0.15) is 0 Å². The summed E-state index contributed by atoms with van der Waals surface area (Å²) >= 11 is 0. The molecule has 0 amide bonds. The van der Waals surface area contributed by atoms with Crippen molar-refractivity contribution in [2.24, 2.45) is 0 Å². The Bertz CT molecular complexity index is 602. The van der Waals surface area contributed by atoms with E-state index in [1.807, 2.05) is 13.1 Å². The maximum atomic E-state index is 13.7. The summed E-state index contributed by atoms with van der Waals surface area (Å²) in [5, 5.41) is 0. The predicted molar refractivity (Wildman–Crippen MR) is 73.3 cm³/mol. The molecule has 5 heteroatoms. The number of likely N-dealkylation sites (tertiary alicyclic amines) is 1. The highest BCUT2D eigenvalue weighted by Crippen LogP contribution is 2.31. The maximum Gasteiger partial charge on any atom is 0.146 e. The lowest BCUT2D eigenvalue weighted by Crippen LogP contribution is -2.24. The second-order valence-corrected chi connectivity index (χ2v) is 5.15. The van der Waals surface area contributed by atoms with Gasteiger partial charge >= 0.3 is 0 Å². The van der Waals surface area contributed by atoms with E-state index in [1.165, 1.54) is 6.07 Å². The Labute approximate surface area is 117 Å². The summed E-state index contributed by atoms with van der Waals surface area (Å²) in [6, 6.07) is 3.29. The lowest BCUT2D eigenvalue weighted by molar-refractivity contribution is 0.237. The van der Waals surface area contributed by atoms with Gasteiger partial charge in [-0.25, -0.2) is 4.39 Å². The lowest BCUT2D eigenvalue weighted by atomic mass is 10.1. The number of rotatable bonds is 3. The van der Waals surface area contributed by atoms with E-state index in [-0.39, 0.29) is 11.9 Å². The van der Waals surface area contributed by atoms with Gasteiger partial charge in [-0.15, -0.1) is 0 Å². The molecular weight excluding hydrogens is 255 g/mol. The van der Waals surface area contributed by atoms with Gasteiger partial charge < -0.3 is 0 Å². The largest absolute Gasteiger partial charge is 0.289 e. The van der Waals surface area contributed by atoms with E-state index in [1.54, 1.807) is 18.5 Å². The molecule has 0 aromatic carbocycles. The van der Waals surface area contributed by atoms with Crippen LogP contribution in [0.25, 0.3) is 0 Å². The molecule has 0 spiro atoms. The molecule has 1 aliphatic rings. The fraction of sp³-hybridized carbons (Fsp3) is 0.400. The van der Waals surface area contributed by atoms with Crippen LogP contribution < -0.4 is 0 Å². The van der Waals surface area contributed by atoms with E-state index in [2.05, 4.69) is 19.9 Å². The van der Waals surface area contributed by atoms with Crippen LogP contribution in [0.1, 0.15) is 36.0 Å². The number of nitrogens with zero attached hydrogens (tertiary/aromatic N) is 4. The first-order valence-corrected chi connectivity index (χ1v) is 6.86. The van der Waals surface area contributed by atoms with Crippen LogP contribution in [0.2, 0.25) is 0 Å². The van der Waals surface area contributed by atoms with Crippen molar-refractivity contribution in [3.05, 3.63) is 53.6 Å². The van der Waals surface area contributed by atoms with Crippen LogP contribution in [0.5, 0.6) is 0 Å². The molecule has 3 heterocycles. The number of pyridine rings is 1. The van der Waals surface area contributed by atoms with Gasteiger partial charge in [0.05, 0.1) is 23.1 Å². The molecule has 1 atom stereocenters. The van der Waals surface area contributed by atoms with Crippen LogP contribution in [0.4, 0.5) is 4.39 Å². The monoisotopic (exact) mass is 272 g/mol. The smallest absolute Gasteiger partial charge is 0.146 e. The lowest BCUT2D eigenvalue weighted by Gasteiger charge is -2.23. The number of aromatic nitrogens is 3. The molecule has 1 saturated heterocycles. The molecule has 0 saturated carbocycles. The normalized spacial score (nSPS) is 19.4. The SMILES string of the molecule is Cc1cncc(C2CCCN2Cc2ncccc2F)n1. The summed E-state index contributed by atoms with van der Waals surface area (Å²) in [5.74, 6) is -0.242. The second-order valence-electron chi connectivity index (χ2n) is 5.15. The average Bonchev–Trinajstić information content (AvgIpc) is 2.90. The topological polar surface area (TPSA) is 41.9 Å². The van der Waals surface area contributed by atoms with Crippen molar-refractivity contribution in [1.29, 1.82) is 0 Å². The van der Waals surface area contributed by atoms with Crippen LogP contribution in [0.3, 0.4) is 0 Å². The quantitative estimate of drug-likeness (QED) is 0.861. The third-order valence-electron chi connectivity index (χ3n) is 3.67. The number of halogens is 1. The van der Waals surface area contributed by atoms with E-state index in [0.29, 0.717) is 12.2 Å². The molecule has 1 aliphatic heterocycles. The highest BCUT2D eigenvalue weighted by Gasteiger charge is 2.28. The summed E-state index contributed by atoms with van der Waals surface area (Å²) in [4.78, 5) is 15.1. The van der Waals surface area contributed by atoms with Gasteiger partial charge in [0.2, 0.25) is 0 Å². The number of hydrogen-bond acceptors (Lipinski definition) is 4. The summed E-state index contributed by atoms with van der Waals surface area (Å²) in [6.45, 7) is 3.40. The fourth-order valence-electron chi connectivity index (χ4n) is 2.72. The molecule has 104 valence electrons. The van der Waals surface area contributed by atoms with Crippen molar-refractivity contribution >= 4 is 0 Å². The molecule has 0 N–H and O–H groups in total. The van der Waals surface area contributed by atoms with Gasteiger partial charge in [0.1, 0.15) is 5.82 Å². The van der Waals surface area contributed by atoms with Gasteiger partial charge in [0.15, 0.2) is 0 Å². The third kappa shape index (κ3) is 2.67. The fourth-order valence-corrected chi connectivity index (χ4v) is 2.72. The maximum absolute atomic E-state index is 13.7. The zero-order valence-corrected chi connectivity index (χ0v) is 11.5. The third-order valence-corrected chi connectivity index (χ3v) is 3.67. The molecule has 0 bridgehead atoms. The van der Waals surface area contributed by atoms with Crippen molar-refractivity contribution in [3.63, 3.8) is 0 Å². The van der Waals surface area contributed by atoms with Crippen LogP contribution in [0.15, 0.2) is 30.7 Å². The second kappa shape index (κ2) is 5.63. The molecule has 2 aromatic rings. The molecule has 2 aromatic heterocycles. The highest BCUT2D eigenvalue weighted by atomic mass is 19.1. The van der Waals surface area contributed by atoms with Crippen LogP contribution >= 0.6 is 0 Å². The van der Waals surface area contributed by atoms with Crippen LogP contribution in [-0.2, 0) is 6.54 Å². The Balaban J connectivity index is 1.81. The Morgan fingerprint density at radius 3 is 3.10 bits per heavy atom. The van der Waals surface area contributed by atoms with E-state index in [9.17, 15) is 4.39 Å². The minimum Gasteiger partial charge on any atom is -0.289 e. The van der Waals surface area contributed by atoms with Gasteiger partial charge in [-0.1, -0.05) is 0 Å². The summed E-state index contributed by atoms with van der Waals surface area (Å²) < 4.78 is 13.7. The Kier molecular flexibility index (Phi) is 3.69.